The van der Waals surface area contributed by atoms with Gasteiger partial charge in [-0.2, -0.15) is 0 Å². The summed E-state index contributed by atoms with van der Waals surface area (Å²) in [4.78, 5) is 24.0. The van der Waals surface area contributed by atoms with Gasteiger partial charge in [0.25, 0.3) is 5.69 Å². The van der Waals surface area contributed by atoms with E-state index in [4.69, 9.17) is 4.42 Å². The van der Waals surface area contributed by atoms with E-state index in [0.29, 0.717) is 12.1 Å². The van der Waals surface area contributed by atoms with Gasteiger partial charge in [0.1, 0.15) is 5.76 Å². The van der Waals surface area contributed by atoms with Crippen LogP contribution in [0.25, 0.3) is 6.08 Å². The van der Waals surface area contributed by atoms with E-state index < -0.39 is 4.92 Å². The maximum atomic E-state index is 11.9. The van der Waals surface area contributed by atoms with Crippen LogP contribution >= 0.6 is 0 Å². The second-order valence-corrected chi connectivity index (χ2v) is 5.42. The molecule has 1 aromatic heterocycles. The normalized spacial score (nSPS) is 12.5. The van der Waals surface area contributed by atoms with E-state index in [2.05, 4.69) is 5.32 Å². The van der Waals surface area contributed by atoms with E-state index in [1.54, 1.807) is 24.5 Å². The van der Waals surface area contributed by atoms with Gasteiger partial charge in [0.05, 0.1) is 17.2 Å². The zero-order chi connectivity index (χ0) is 17.5. The highest BCUT2D eigenvalue weighted by atomic mass is 16.6. The van der Waals surface area contributed by atoms with E-state index in [0.717, 1.165) is 5.76 Å². The fraction of sp³-hybridized carbons (Fsp3) is 0.235. The summed E-state index contributed by atoms with van der Waals surface area (Å²) in [6, 6.07) is 9.59. The van der Waals surface area contributed by atoms with Crippen LogP contribution in [0.5, 0.6) is 0 Å². The summed E-state index contributed by atoms with van der Waals surface area (Å²) in [5, 5.41) is 13.4. The SMILES string of the molecule is CN(C)C(CNC(=O)C=Cc1ccc([N+](=O)[O-])cc1)c1ccco1. The fourth-order valence-corrected chi connectivity index (χ4v) is 2.15. The van der Waals surface area contributed by atoms with Crippen LogP contribution in [0.2, 0.25) is 0 Å². The number of nitrogens with one attached hydrogen (secondary N) is 1. The summed E-state index contributed by atoms with van der Waals surface area (Å²) in [5.41, 5.74) is 0.731. The first-order valence-corrected chi connectivity index (χ1v) is 7.37. The molecule has 0 saturated heterocycles. The molecule has 0 bridgehead atoms. The maximum absolute atomic E-state index is 11.9. The molecule has 2 rings (SSSR count). The lowest BCUT2D eigenvalue weighted by atomic mass is 10.2. The van der Waals surface area contributed by atoms with Gasteiger partial charge in [-0.1, -0.05) is 0 Å². The number of non-ortho nitro benzene ring substituents is 1. The number of nitrogens with zero attached hydrogens (tertiary/aromatic N) is 2. The molecule has 0 spiro atoms. The molecule has 1 amide bonds. The molecule has 0 saturated carbocycles. The number of hydrogen-bond acceptors (Lipinski definition) is 5. The van der Waals surface area contributed by atoms with Crippen molar-refractivity contribution >= 4 is 17.7 Å². The van der Waals surface area contributed by atoms with Crippen molar-refractivity contribution in [2.45, 2.75) is 6.04 Å². The van der Waals surface area contributed by atoms with Crippen LogP contribution < -0.4 is 5.32 Å². The second kappa shape index (κ2) is 8.07. The van der Waals surface area contributed by atoms with Gasteiger partial charge in [0.2, 0.25) is 5.91 Å². The van der Waals surface area contributed by atoms with E-state index in [1.165, 1.54) is 18.2 Å². The van der Waals surface area contributed by atoms with Crippen molar-refractivity contribution < 1.29 is 14.1 Å². The molecule has 1 aromatic carbocycles. The maximum Gasteiger partial charge on any atom is 0.269 e. The first-order chi connectivity index (χ1) is 11.5. The molecular weight excluding hydrogens is 310 g/mol. The molecule has 0 radical (unpaired) electrons. The van der Waals surface area contributed by atoms with E-state index in [1.807, 2.05) is 31.1 Å². The highest BCUT2D eigenvalue weighted by molar-refractivity contribution is 5.91. The summed E-state index contributed by atoms with van der Waals surface area (Å²) in [7, 11) is 3.82. The second-order valence-electron chi connectivity index (χ2n) is 5.42. The molecule has 1 heterocycles. The van der Waals surface area contributed by atoms with Crippen molar-refractivity contribution in [3.8, 4) is 0 Å². The molecule has 7 heteroatoms. The molecule has 0 fully saturated rings. The molecule has 0 aliphatic carbocycles. The highest BCUT2D eigenvalue weighted by Gasteiger charge is 2.17. The van der Waals surface area contributed by atoms with Crippen LogP contribution in [0.15, 0.2) is 53.2 Å². The first kappa shape index (κ1) is 17.4. The average Bonchev–Trinajstić information content (AvgIpc) is 3.07. The van der Waals surface area contributed by atoms with E-state index in [9.17, 15) is 14.9 Å². The Morgan fingerprint density at radius 2 is 2.04 bits per heavy atom. The van der Waals surface area contributed by atoms with Crippen LogP contribution in [-0.4, -0.2) is 36.4 Å². The van der Waals surface area contributed by atoms with Gasteiger partial charge >= 0.3 is 0 Å². The standard InChI is InChI=1S/C17H19N3O4/c1-19(2)15(16-4-3-11-24-16)12-18-17(21)10-7-13-5-8-14(9-6-13)20(22)23/h3-11,15H,12H2,1-2H3,(H,18,21). The largest absolute Gasteiger partial charge is 0.468 e. The highest BCUT2D eigenvalue weighted by Crippen LogP contribution is 2.17. The van der Waals surface area contributed by atoms with Crippen molar-refractivity contribution in [2.24, 2.45) is 0 Å². The van der Waals surface area contributed by atoms with Crippen molar-refractivity contribution in [3.63, 3.8) is 0 Å². The minimum Gasteiger partial charge on any atom is -0.468 e. The molecule has 0 aliphatic rings. The lowest BCUT2D eigenvalue weighted by Crippen LogP contribution is -2.33. The average molecular weight is 329 g/mol. The van der Waals surface area contributed by atoms with Gasteiger partial charge < -0.3 is 9.73 Å². The molecular formula is C17H19N3O4. The molecule has 126 valence electrons. The predicted octanol–water partition coefficient (Wildman–Crippen LogP) is 2.62. The van der Waals surface area contributed by atoms with Gasteiger partial charge in [-0.05, 0) is 50.0 Å². The third-order valence-corrected chi connectivity index (χ3v) is 3.50. The fourth-order valence-electron chi connectivity index (χ4n) is 2.15. The predicted molar refractivity (Wildman–Crippen MR) is 90.3 cm³/mol. The molecule has 2 aromatic rings. The Labute approximate surface area is 139 Å². The van der Waals surface area contributed by atoms with E-state index in [-0.39, 0.29) is 17.6 Å². The number of likely N-dealkylation sites (N-methyl/N-ethyl adjacent to an activating group) is 1. The topological polar surface area (TPSA) is 88.6 Å². The summed E-state index contributed by atoms with van der Waals surface area (Å²) in [5.74, 6) is 0.534. The lowest BCUT2D eigenvalue weighted by molar-refractivity contribution is -0.384. The van der Waals surface area contributed by atoms with Crippen molar-refractivity contribution in [1.82, 2.24) is 10.2 Å². The summed E-state index contributed by atoms with van der Waals surface area (Å²) < 4.78 is 5.38. The summed E-state index contributed by atoms with van der Waals surface area (Å²) in [6.45, 7) is 0.407. The van der Waals surface area contributed by atoms with Crippen molar-refractivity contribution in [3.05, 3.63) is 70.2 Å². The number of furan rings is 1. The molecule has 1 unspecified atom stereocenters. The Morgan fingerprint density at radius 3 is 2.58 bits per heavy atom. The number of nitro groups is 1. The van der Waals surface area contributed by atoms with Gasteiger partial charge in [0, 0.05) is 24.8 Å². The van der Waals surface area contributed by atoms with Crippen LogP contribution in [0.1, 0.15) is 17.4 Å². The molecule has 7 nitrogen and oxygen atoms in total. The summed E-state index contributed by atoms with van der Waals surface area (Å²) in [6.07, 6.45) is 4.61. The minimum atomic E-state index is -0.462. The first-order valence-electron chi connectivity index (χ1n) is 7.37. The Kier molecular flexibility index (Phi) is 5.86. The number of hydrogen-bond donors (Lipinski definition) is 1. The van der Waals surface area contributed by atoms with Crippen molar-refractivity contribution in [1.29, 1.82) is 0 Å². The number of rotatable bonds is 7. The number of carbonyl (C=O) groups excluding carboxylic acids is 1. The van der Waals surface area contributed by atoms with Gasteiger partial charge in [-0.3, -0.25) is 19.8 Å². The molecule has 1 N–H and O–H groups in total. The number of carbonyl (C=O) groups is 1. The number of benzene rings is 1. The van der Waals surface area contributed by atoms with Crippen LogP contribution in [0.3, 0.4) is 0 Å². The Hall–Kier alpha value is -2.93. The number of nitro benzene ring substituents is 1. The van der Waals surface area contributed by atoms with E-state index >= 15 is 0 Å². The van der Waals surface area contributed by atoms with Gasteiger partial charge in [-0.15, -0.1) is 0 Å². The molecule has 0 aliphatic heterocycles. The zero-order valence-corrected chi connectivity index (χ0v) is 13.5. The molecule has 24 heavy (non-hydrogen) atoms. The lowest BCUT2D eigenvalue weighted by Gasteiger charge is -2.22. The third-order valence-electron chi connectivity index (χ3n) is 3.50. The minimum absolute atomic E-state index is 0.0175. The van der Waals surface area contributed by atoms with Crippen LogP contribution in [0, 0.1) is 10.1 Å². The van der Waals surface area contributed by atoms with Gasteiger partial charge in [0.15, 0.2) is 0 Å². The molecule has 1 atom stereocenters. The van der Waals surface area contributed by atoms with Gasteiger partial charge in [-0.25, -0.2) is 0 Å². The number of amides is 1. The smallest absolute Gasteiger partial charge is 0.269 e. The van der Waals surface area contributed by atoms with Crippen LogP contribution in [0.4, 0.5) is 5.69 Å². The van der Waals surface area contributed by atoms with Crippen molar-refractivity contribution in [2.75, 3.05) is 20.6 Å². The Bertz CT molecular complexity index is 706. The third kappa shape index (κ3) is 4.79. The Morgan fingerprint density at radius 1 is 1.33 bits per heavy atom. The monoisotopic (exact) mass is 329 g/mol. The quantitative estimate of drug-likeness (QED) is 0.479. The zero-order valence-electron chi connectivity index (χ0n) is 13.5. The summed E-state index contributed by atoms with van der Waals surface area (Å²) >= 11 is 0. The Balaban J connectivity index is 1.91. The van der Waals surface area contributed by atoms with Crippen LogP contribution in [-0.2, 0) is 4.79 Å².